The molecule has 0 amide bonds. The molecular formula is C14H25ClN2. The van der Waals surface area contributed by atoms with E-state index in [1.54, 1.807) is 0 Å². The Morgan fingerprint density at radius 1 is 0.941 bits per heavy atom. The van der Waals surface area contributed by atoms with E-state index in [2.05, 4.69) is 9.80 Å². The average Bonchev–Trinajstić information content (AvgIpc) is 2.88. The number of fused-ring (bicyclic) bond motifs is 2. The van der Waals surface area contributed by atoms with Gasteiger partial charge in [0.1, 0.15) is 0 Å². The average molecular weight is 257 g/mol. The van der Waals surface area contributed by atoms with Crippen LogP contribution in [0.4, 0.5) is 0 Å². The normalized spacial score (nSPS) is 39.0. The fourth-order valence-electron chi connectivity index (χ4n) is 4.06. The fraction of sp³-hybridized carbons (Fsp3) is 1.00. The lowest BCUT2D eigenvalue weighted by molar-refractivity contribution is 0.135. The summed E-state index contributed by atoms with van der Waals surface area (Å²) in [5.74, 6) is 0. The molecule has 2 atom stereocenters. The number of rotatable bonds is 4. The van der Waals surface area contributed by atoms with E-state index < -0.39 is 0 Å². The van der Waals surface area contributed by atoms with Crippen molar-refractivity contribution in [1.29, 1.82) is 0 Å². The first-order valence-corrected chi connectivity index (χ1v) is 7.89. The van der Waals surface area contributed by atoms with E-state index in [0.717, 1.165) is 12.1 Å². The van der Waals surface area contributed by atoms with Crippen molar-refractivity contribution in [2.24, 2.45) is 0 Å². The van der Waals surface area contributed by atoms with E-state index in [1.165, 1.54) is 71.1 Å². The third-order valence-corrected chi connectivity index (χ3v) is 5.27. The summed E-state index contributed by atoms with van der Waals surface area (Å²) in [6.45, 7) is 5.32. The van der Waals surface area contributed by atoms with Gasteiger partial charge < -0.3 is 4.90 Å². The molecule has 17 heavy (non-hydrogen) atoms. The minimum absolute atomic E-state index is 0.460. The molecule has 3 aliphatic rings. The van der Waals surface area contributed by atoms with Gasteiger partial charge in [-0.1, -0.05) is 0 Å². The summed E-state index contributed by atoms with van der Waals surface area (Å²) in [5.41, 5.74) is 0. The van der Waals surface area contributed by atoms with Crippen LogP contribution in [-0.4, -0.2) is 53.4 Å². The third-order valence-electron chi connectivity index (χ3n) is 4.92. The minimum Gasteiger partial charge on any atom is -0.303 e. The van der Waals surface area contributed by atoms with Crippen molar-refractivity contribution in [2.45, 2.75) is 62.4 Å². The molecule has 2 unspecified atom stereocenters. The number of halogens is 1. The summed E-state index contributed by atoms with van der Waals surface area (Å²) in [6, 6.07) is 1.63. The first-order chi connectivity index (χ1) is 8.33. The molecule has 3 fully saturated rings. The molecule has 3 saturated heterocycles. The Hall–Kier alpha value is 0.210. The van der Waals surface area contributed by atoms with Gasteiger partial charge in [-0.15, -0.1) is 11.6 Å². The molecular weight excluding hydrogens is 232 g/mol. The summed E-state index contributed by atoms with van der Waals surface area (Å²) in [5, 5.41) is 0.460. The van der Waals surface area contributed by atoms with Crippen LogP contribution in [0.2, 0.25) is 0 Å². The molecule has 0 aromatic rings. The molecule has 3 rings (SSSR count). The molecule has 2 bridgehead atoms. The Labute approximate surface area is 110 Å². The molecule has 0 saturated carbocycles. The van der Waals surface area contributed by atoms with Crippen LogP contribution in [0.5, 0.6) is 0 Å². The predicted molar refractivity (Wildman–Crippen MR) is 72.7 cm³/mol. The summed E-state index contributed by atoms with van der Waals surface area (Å²) >= 11 is 6.31. The second-order valence-electron chi connectivity index (χ2n) is 6.09. The first-order valence-electron chi connectivity index (χ1n) is 7.45. The highest BCUT2D eigenvalue weighted by Gasteiger charge is 2.39. The molecule has 0 aromatic heterocycles. The molecule has 0 aromatic carbocycles. The molecule has 3 heteroatoms. The van der Waals surface area contributed by atoms with Gasteiger partial charge in [0.05, 0.1) is 0 Å². The number of hydrogen-bond acceptors (Lipinski definition) is 2. The van der Waals surface area contributed by atoms with Gasteiger partial charge in [0.25, 0.3) is 0 Å². The fourth-order valence-corrected chi connectivity index (χ4v) is 4.47. The Bertz CT molecular complexity index is 239. The second kappa shape index (κ2) is 5.46. The van der Waals surface area contributed by atoms with E-state index in [0.29, 0.717) is 5.38 Å². The quantitative estimate of drug-likeness (QED) is 0.714. The van der Waals surface area contributed by atoms with Crippen LogP contribution in [0.15, 0.2) is 0 Å². The lowest BCUT2D eigenvalue weighted by Gasteiger charge is -2.37. The largest absolute Gasteiger partial charge is 0.303 e. The number of nitrogens with zero attached hydrogens (tertiary/aromatic N) is 2. The standard InChI is InChI=1S/C14H25ClN2/c15-12-10-13-4-5-14(11-12)17(13)9-3-8-16-6-1-2-7-16/h12-14H,1-11H2. The Morgan fingerprint density at radius 3 is 2.24 bits per heavy atom. The molecule has 2 nitrogen and oxygen atoms in total. The van der Waals surface area contributed by atoms with Crippen LogP contribution in [0.25, 0.3) is 0 Å². The van der Waals surface area contributed by atoms with E-state index in [-0.39, 0.29) is 0 Å². The molecule has 0 N–H and O–H groups in total. The van der Waals surface area contributed by atoms with Gasteiger partial charge >= 0.3 is 0 Å². The molecule has 3 heterocycles. The highest BCUT2D eigenvalue weighted by Crippen LogP contribution is 2.37. The topological polar surface area (TPSA) is 6.48 Å². The van der Waals surface area contributed by atoms with Gasteiger partial charge in [-0.3, -0.25) is 4.90 Å². The van der Waals surface area contributed by atoms with Crippen molar-refractivity contribution in [2.75, 3.05) is 26.2 Å². The summed E-state index contributed by atoms with van der Waals surface area (Å²) in [7, 11) is 0. The first kappa shape index (κ1) is 12.3. The third kappa shape index (κ3) is 2.80. The molecule has 98 valence electrons. The van der Waals surface area contributed by atoms with Crippen molar-refractivity contribution < 1.29 is 0 Å². The smallest absolute Gasteiger partial charge is 0.0365 e. The zero-order chi connectivity index (χ0) is 11.7. The SMILES string of the molecule is ClC1CC2CCC(C1)N2CCCN1CCCC1. The monoisotopic (exact) mass is 256 g/mol. The maximum absolute atomic E-state index is 6.31. The van der Waals surface area contributed by atoms with E-state index in [4.69, 9.17) is 11.6 Å². The summed E-state index contributed by atoms with van der Waals surface area (Å²) in [6.07, 6.45) is 9.48. The molecule has 0 aliphatic carbocycles. The maximum atomic E-state index is 6.31. The molecule has 3 aliphatic heterocycles. The van der Waals surface area contributed by atoms with Gasteiger partial charge in [-0.25, -0.2) is 0 Å². The zero-order valence-corrected chi connectivity index (χ0v) is 11.5. The summed E-state index contributed by atoms with van der Waals surface area (Å²) < 4.78 is 0. The van der Waals surface area contributed by atoms with E-state index >= 15 is 0 Å². The van der Waals surface area contributed by atoms with Crippen LogP contribution in [0.3, 0.4) is 0 Å². The second-order valence-corrected chi connectivity index (χ2v) is 6.71. The zero-order valence-electron chi connectivity index (χ0n) is 10.8. The van der Waals surface area contributed by atoms with Gasteiger partial charge in [-0.2, -0.15) is 0 Å². The van der Waals surface area contributed by atoms with Gasteiger partial charge in [0.2, 0.25) is 0 Å². The number of likely N-dealkylation sites (tertiary alicyclic amines) is 1. The van der Waals surface area contributed by atoms with E-state index in [1.807, 2.05) is 0 Å². The van der Waals surface area contributed by atoms with Crippen LogP contribution < -0.4 is 0 Å². The number of piperidine rings is 1. The number of hydrogen-bond donors (Lipinski definition) is 0. The Morgan fingerprint density at radius 2 is 1.59 bits per heavy atom. The van der Waals surface area contributed by atoms with Crippen molar-refractivity contribution in [3.05, 3.63) is 0 Å². The lowest BCUT2D eigenvalue weighted by atomic mass is 10.0. The van der Waals surface area contributed by atoms with Crippen molar-refractivity contribution >= 4 is 11.6 Å². The van der Waals surface area contributed by atoms with Crippen molar-refractivity contribution in [1.82, 2.24) is 9.80 Å². The highest BCUT2D eigenvalue weighted by molar-refractivity contribution is 6.20. The van der Waals surface area contributed by atoms with Crippen molar-refractivity contribution in [3.63, 3.8) is 0 Å². The minimum atomic E-state index is 0.460. The van der Waals surface area contributed by atoms with Crippen LogP contribution in [0.1, 0.15) is 44.9 Å². The van der Waals surface area contributed by atoms with E-state index in [9.17, 15) is 0 Å². The highest BCUT2D eigenvalue weighted by atomic mass is 35.5. The van der Waals surface area contributed by atoms with Gasteiger partial charge in [0.15, 0.2) is 0 Å². The van der Waals surface area contributed by atoms with Crippen LogP contribution in [0, 0.1) is 0 Å². The molecule has 0 radical (unpaired) electrons. The Balaban J connectivity index is 1.43. The summed E-state index contributed by atoms with van der Waals surface area (Å²) in [4.78, 5) is 5.41. The maximum Gasteiger partial charge on any atom is 0.0365 e. The van der Waals surface area contributed by atoms with Crippen LogP contribution in [-0.2, 0) is 0 Å². The number of alkyl halides is 1. The molecule has 0 spiro atoms. The van der Waals surface area contributed by atoms with Gasteiger partial charge in [-0.05, 0) is 71.1 Å². The van der Waals surface area contributed by atoms with Crippen LogP contribution >= 0.6 is 11.6 Å². The Kier molecular flexibility index (Phi) is 3.94. The van der Waals surface area contributed by atoms with Crippen molar-refractivity contribution in [3.8, 4) is 0 Å². The predicted octanol–water partition coefficient (Wildman–Crippen LogP) is 2.71. The lowest BCUT2D eigenvalue weighted by Crippen LogP contribution is -2.44. The van der Waals surface area contributed by atoms with Gasteiger partial charge in [0, 0.05) is 17.5 Å².